The lowest BCUT2D eigenvalue weighted by molar-refractivity contribution is -0.130. The lowest BCUT2D eigenvalue weighted by Crippen LogP contribution is -2.44. The van der Waals surface area contributed by atoms with Gasteiger partial charge in [-0.05, 0) is 43.9 Å². The number of benzene rings is 2. The molecule has 0 bridgehead atoms. The number of hydrogen-bond donors (Lipinski definition) is 1. The van der Waals surface area contributed by atoms with Crippen LogP contribution in [0.25, 0.3) is 0 Å². The molecule has 2 heterocycles. The number of amides is 4. The van der Waals surface area contributed by atoms with Crippen LogP contribution in [0.15, 0.2) is 54.6 Å². The van der Waals surface area contributed by atoms with Crippen LogP contribution in [0.5, 0.6) is 0 Å². The molecular weight excluding hydrogens is 394 g/mol. The topological polar surface area (TPSA) is 86.8 Å². The molecule has 0 spiro atoms. The molecule has 4 rings (SSSR count). The maximum absolute atomic E-state index is 13.0. The second kappa shape index (κ2) is 8.34. The fourth-order valence-corrected chi connectivity index (χ4v) is 4.10. The van der Waals surface area contributed by atoms with E-state index in [-0.39, 0.29) is 18.2 Å². The molecule has 2 aliphatic heterocycles. The van der Waals surface area contributed by atoms with E-state index in [1.54, 1.807) is 36.1 Å². The second-order valence-electron chi connectivity index (χ2n) is 8.26. The first-order valence-corrected chi connectivity index (χ1v) is 10.5. The van der Waals surface area contributed by atoms with Crippen LogP contribution < -0.4 is 10.2 Å². The molecule has 7 nitrogen and oxygen atoms in total. The Morgan fingerprint density at radius 2 is 1.84 bits per heavy atom. The van der Waals surface area contributed by atoms with E-state index in [9.17, 15) is 19.2 Å². The molecule has 0 radical (unpaired) electrons. The van der Waals surface area contributed by atoms with Crippen molar-refractivity contribution >= 4 is 29.3 Å². The van der Waals surface area contributed by atoms with Crippen molar-refractivity contribution < 1.29 is 19.2 Å². The van der Waals surface area contributed by atoms with Crippen molar-refractivity contribution in [3.8, 4) is 0 Å². The van der Waals surface area contributed by atoms with Gasteiger partial charge in [-0.3, -0.25) is 19.3 Å². The minimum atomic E-state index is -1.04. The fourth-order valence-electron chi connectivity index (χ4n) is 4.10. The van der Waals surface area contributed by atoms with Gasteiger partial charge in [-0.2, -0.15) is 0 Å². The number of carbonyl (C=O) groups excluding carboxylic acids is 4. The molecule has 0 aliphatic carbocycles. The molecular formula is C24H25N3O4. The summed E-state index contributed by atoms with van der Waals surface area (Å²) in [6, 6.07) is 16.0. The molecule has 2 aliphatic rings. The maximum atomic E-state index is 13.0. The summed E-state index contributed by atoms with van der Waals surface area (Å²) in [6.45, 7) is 1.99. The van der Waals surface area contributed by atoms with Gasteiger partial charge in [0.05, 0.1) is 6.54 Å². The summed E-state index contributed by atoms with van der Waals surface area (Å²) in [7, 11) is 0. The van der Waals surface area contributed by atoms with Crippen LogP contribution in [0, 0.1) is 0 Å². The van der Waals surface area contributed by atoms with Crippen molar-refractivity contribution in [1.82, 2.24) is 10.2 Å². The van der Waals surface area contributed by atoms with Gasteiger partial charge < -0.3 is 10.2 Å². The summed E-state index contributed by atoms with van der Waals surface area (Å²) < 4.78 is 0. The summed E-state index contributed by atoms with van der Waals surface area (Å²) in [5.74, 6) is -0.704. The minimum absolute atomic E-state index is 0.0351. The van der Waals surface area contributed by atoms with Crippen molar-refractivity contribution in [2.75, 3.05) is 18.0 Å². The molecule has 2 saturated heterocycles. The quantitative estimate of drug-likeness (QED) is 0.552. The van der Waals surface area contributed by atoms with Gasteiger partial charge >= 0.3 is 6.03 Å². The van der Waals surface area contributed by atoms with Crippen molar-refractivity contribution in [2.24, 2.45) is 0 Å². The molecule has 7 heteroatoms. The molecule has 160 valence electrons. The van der Waals surface area contributed by atoms with Crippen molar-refractivity contribution in [1.29, 1.82) is 0 Å². The number of ketones is 1. The lowest BCUT2D eigenvalue weighted by Gasteiger charge is -2.21. The number of aryl methyl sites for hydroxylation is 1. The van der Waals surface area contributed by atoms with E-state index in [4.69, 9.17) is 0 Å². The number of hydrogen-bond acceptors (Lipinski definition) is 4. The zero-order valence-electron chi connectivity index (χ0n) is 17.5. The summed E-state index contributed by atoms with van der Waals surface area (Å²) in [5, 5.41) is 2.75. The molecule has 1 atom stereocenters. The average Bonchev–Trinajstić information content (AvgIpc) is 3.30. The van der Waals surface area contributed by atoms with Crippen LogP contribution in [0.4, 0.5) is 10.5 Å². The summed E-state index contributed by atoms with van der Waals surface area (Å²) in [6.07, 6.45) is 2.37. The first-order valence-electron chi connectivity index (χ1n) is 10.5. The van der Waals surface area contributed by atoms with E-state index >= 15 is 0 Å². The van der Waals surface area contributed by atoms with Crippen LogP contribution in [0.2, 0.25) is 0 Å². The van der Waals surface area contributed by atoms with Crippen molar-refractivity contribution in [2.45, 2.75) is 38.1 Å². The smallest absolute Gasteiger partial charge is 0.323 e. The molecule has 2 aromatic rings. The number of rotatable bonds is 7. The Hall–Kier alpha value is -3.48. The molecule has 2 fully saturated rings. The van der Waals surface area contributed by atoms with Crippen LogP contribution in [-0.4, -0.2) is 47.2 Å². The summed E-state index contributed by atoms with van der Waals surface area (Å²) in [4.78, 5) is 53.0. The Morgan fingerprint density at radius 1 is 1.06 bits per heavy atom. The highest BCUT2D eigenvalue weighted by Crippen LogP contribution is 2.25. The van der Waals surface area contributed by atoms with Gasteiger partial charge in [0.15, 0.2) is 5.78 Å². The molecule has 0 saturated carbocycles. The summed E-state index contributed by atoms with van der Waals surface area (Å²) >= 11 is 0. The molecule has 1 N–H and O–H groups in total. The van der Waals surface area contributed by atoms with E-state index in [1.807, 2.05) is 30.3 Å². The van der Waals surface area contributed by atoms with Crippen LogP contribution in [-0.2, 0) is 16.0 Å². The second-order valence-corrected chi connectivity index (χ2v) is 8.26. The first-order chi connectivity index (χ1) is 14.9. The van der Waals surface area contributed by atoms with E-state index < -0.39 is 17.5 Å². The molecule has 31 heavy (non-hydrogen) atoms. The van der Waals surface area contributed by atoms with Gasteiger partial charge in [0.1, 0.15) is 5.54 Å². The zero-order valence-corrected chi connectivity index (χ0v) is 17.5. The van der Waals surface area contributed by atoms with Gasteiger partial charge in [0.2, 0.25) is 5.91 Å². The highest BCUT2D eigenvalue weighted by molar-refractivity contribution is 6.11. The number of anilines is 1. The van der Waals surface area contributed by atoms with Gasteiger partial charge in [-0.1, -0.05) is 42.5 Å². The molecule has 0 unspecified atom stereocenters. The molecule has 4 amide bonds. The Kier molecular flexibility index (Phi) is 5.59. The molecule has 0 aromatic heterocycles. The van der Waals surface area contributed by atoms with Gasteiger partial charge in [0, 0.05) is 24.2 Å². The zero-order chi connectivity index (χ0) is 22.0. The fraction of sp³-hybridized carbons (Fsp3) is 0.333. The van der Waals surface area contributed by atoms with Gasteiger partial charge in [-0.25, -0.2) is 4.79 Å². The average molecular weight is 419 g/mol. The van der Waals surface area contributed by atoms with E-state index in [0.717, 1.165) is 16.9 Å². The third-order valence-corrected chi connectivity index (χ3v) is 5.96. The van der Waals surface area contributed by atoms with Crippen molar-refractivity contribution in [3.63, 3.8) is 0 Å². The minimum Gasteiger partial charge on any atom is -0.323 e. The lowest BCUT2D eigenvalue weighted by atomic mass is 9.93. The maximum Gasteiger partial charge on any atom is 0.325 e. The SMILES string of the molecule is C[C@]1(CCc2ccccc2)NC(=O)N(CC(=O)c2cccc(N3CCCC3=O)c2)C1=O. The predicted molar refractivity (Wildman–Crippen MR) is 116 cm³/mol. The Labute approximate surface area is 181 Å². The number of imide groups is 1. The number of carbonyl (C=O) groups is 4. The number of urea groups is 1. The normalized spacial score (nSPS) is 21.0. The largest absolute Gasteiger partial charge is 0.325 e. The van der Waals surface area contributed by atoms with E-state index in [1.165, 1.54) is 0 Å². The van der Waals surface area contributed by atoms with Crippen molar-refractivity contribution in [3.05, 3.63) is 65.7 Å². The molecule has 2 aromatic carbocycles. The van der Waals surface area contributed by atoms with Gasteiger partial charge in [-0.15, -0.1) is 0 Å². The number of nitrogens with zero attached hydrogens (tertiary/aromatic N) is 2. The predicted octanol–water partition coefficient (Wildman–Crippen LogP) is 2.94. The third kappa shape index (κ3) is 4.21. The van der Waals surface area contributed by atoms with Gasteiger partial charge in [0.25, 0.3) is 5.91 Å². The van der Waals surface area contributed by atoms with Crippen LogP contribution in [0.3, 0.4) is 0 Å². The number of nitrogens with one attached hydrogen (secondary N) is 1. The standard InChI is InChI=1S/C24H25N3O4/c1-24(13-12-17-7-3-2-4-8-17)22(30)27(23(31)25-24)16-20(28)18-9-5-10-19(15-18)26-14-6-11-21(26)29/h2-5,7-10,15H,6,11-14,16H2,1H3,(H,25,31)/t24-/m1/s1. The third-order valence-electron chi connectivity index (χ3n) is 5.96. The van der Waals surface area contributed by atoms with E-state index in [2.05, 4.69) is 5.32 Å². The monoisotopic (exact) mass is 419 g/mol. The summed E-state index contributed by atoms with van der Waals surface area (Å²) in [5.41, 5.74) is 1.07. The van der Waals surface area contributed by atoms with Crippen LogP contribution >= 0.6 is 0 Å². The Bertz CT molecular complexity index is 1040. The van der Waals surface area contributed by atoms with E-state index in [0.29, 0.717) is 37.1 Å². The Balaban J connectivity index is 1.44. The highest BCUT2D eigenvalue weighted by Gasteiger charge is 2.47. The highest BCUT2D eigenvalue weighted by atomic mass is 16.2. The number of Topliss-reactive ketones (excluding diaryl/α,β-unsaturated/α-hetero) is 1. The first kappa shape index (κ1) is 20.8. The Morgan fingerprint density at radius 3 is 2.55 bits per heavy atom. The van der Waals surface area contributed by atoms with Crippen LogP contribution in [0.1, 0.15) is 42.1 Å².